The number of halogens is 1. The molecule has 0 bridgehead atoms. The van der Waals surface area contributed by atoms with Crippen LogP contribution in [-0.2, 0) is 6.61 Å². The van der Waals surface area contributed by atoms with Crippen LogP contribution in [0.5, 0.6) is 5.88 Å². The van der Waals surface area contributed by atoms with E-state index >= 15 is 0 Å². The second kappa shape index (κ2) is 4.76. The molecule has 0 aliphatic rings. The maximum Gasteiger partial charge on any atom is 0.227 e. The topological polar surface area (TPSA) is 42.4 Å². The molecule has 0 unspecified atom stereocenters. The molecular weight excluding hydrogens is 281 g/mol. The first-order valence-corrected chi connectivity index (χ1v) is 5.13. The molecule has 0 saturated carbocycles. The van der Waals surface area contributed by atoms with Crippen molar-refractivity contribution in [3.63, 3.8) is 0 Å². The number of nitrogens with zero attached hydrogens (tertiary/aromatic N) is 1. The molecule has 1 rings (SSSR count). The predicted octanol–water partition coefficient (Wildman–Crippen LogP) is 1.97. The Balaban J connectivity index is 2.85. The van der Waals surface area contributed by atoms with Crippen molar-refractivity contribution in [3.05, 3.63) is 21.4 Å². The summed E-state index contributed by atoms with van der Waals surface area (Å²) in [7, 11) is 0. The van der Waals surface area contributed by atoms with E-state index in [0.717, 1.165) is 9.13 Å². The maximum absolute atomic E-state index is 8.85. The maximum atomic E-state index is 8.85. The number of hydrogen-bond donors (Lipinski definition) is 1. The summed E-state index contributed by atoms with van der Waals surface area (Å²) in [6.45, 7) is 3.93. The third kappa shape index (κ3) is 3.11. The molecule has 0 atom stereocenters. The zero-order valence-corrected chi connectivity index (χ0v) is 9.78. The van der Waals surface area contributed by atoms with Crippen LogP contribution in [0.15, 0.2) is 12.3 Å². The lowest BCUT2D eigenvalue weighted by Gasteiger charge is -2.10. The third-order valence-corrected chi connectivity index (χ3v) is 2.17. The third-order valence-electron chi connectivity index (χ3n) is 1.39. The molecule has 1 heterocycles. The van der Waals surface area contributed by atoms with Crippen LogP contribution in [0, 0.1) is 3.57 Å². The molecule has 72 valence electrons. The van der Waals surface area contributed by atoms with Gasteiger partial charge in [0.15, 0.2) is 0 Å². The molecule has 13 heavy (non-hydrogen) atoms. The summed E-state index contributed by atoms with van der Waals surface area (Å²) in [5.74, 6) is 0.632. The van der Waals surface area contributed by atoms with E-state index in [1.807, 2.05) is 19.9 Å². The fraction of sp³-hybridized carbons (Fsp3) is 0.444. The summed E-state index contributed by atoms with van der Waals surface area (Å²) in [4.78, 5) is 4.10. The largest absolute Gasteiger partial charge is 0.474 e. The highest BCUT2D eigenvalue weighted by molar-refractivity contribution is 14.1. The average molecular weight is 293 g/mol. The van der Waals surface area contributed by atoms with Gasteiger partial charge in [-0.2, -0.15) is 0 Å². The Kier molecular flexibility index (Phi) is 3.92. The van der Waals surface area contributed by atoms with Gasteiger partial charge >= 0.3 is 0 Å². The Morgan fingerprint density at radius 2 is 2.31 bits per heavy atom. The van der Waals surface area contributed by atoms with Gasteiger partial charge < -0.3 is 9.84 Å². The highest BCUT2D eigenvalue weighted by Crippen LogP contribution is 2.19. The van der Waals surface area contributed by atoms with E-state index in [1.54, 1.807) is 6.20 Å². The molecule has 0 spiro atoms. The highest BCUT2D eigenvalue weighted by atomic mass is 127. The van der Waals surface area contributed by atoms with E-state index in [-0.39, 0.29) is 12.7 Å². The molecule has 0 fully saturated rings. The molecule has 3 nitrogen and oxygen atoms in total. The molecular formula is C9H12INO2. The lowest BCUT2D eigenvalue weighted by Crippen LogP contribution is -2.08. The van der Waals surface area contributed by atoms with E-state index in [9.17, 15) is 0 Å². The summed E-state index contributed by atoms with van der Waals surface area (Å²) in [5.41, 5.74) is 0.806. The number of aromatic nitrogens is 1. The van der Waals surface area contributed by atoms with Crippen molar-refractivity contribution < 1.29 is 9.84 Å². The molecule has 4 heteroatoms. The van der Waals surface area contributed by atoms with Crippen LogP contribution < -0.4 is 4.74 Å². The van der Waals surface area contributed by atoms with Crippen LogP contribution in [0.4, 0.5) is 0 Å². The van der Waals surface area contributed by atoms with Crippen molar-refractivity contribution in [1.29, 1.82) is 0 Å². The molecule has 1 aromatic rings. The number of ether oxygens (including phenoxy) is 1. The Morgan fingerprint density at radius 3 is 2.77 bits per heavy atom. The summed E-state index contributed by atoms with van der Waals surface area (Å²) < 4.78 is 6.37. The lowest BCUT2D eigenvalue weighted by atomic mass is 10.3. The average Bonchev–Trinajstić information content (AvgIpc) is 2.08. The smallest absolute Gasteiger partial charge is 0.227 e. The number of aliphatic hydroxyl groups is 1. The Bertz CT molecular complexity index is 289. The van der Waals surface area contributed by atoms with Crippen molar-refractivity contribution in [2.24, 2.45) is 0 Å². The Labute approximate surface area is 91.3 Å². The summed E-state index contributed by atoms with van der Waals surface area (Å²) in [6, 6.07) is 1.87. The number of pyridine rings is 1. The van der Waals surface area contributed by atoms with Crippen LogP contribution >= 0.6 is 22.6 Å². The van der Waals surface area contributed by atoms with Gasteiger partial charge in [0.1, 0.15) is 0 Å². The van der Waals surface area contributed by atoms with Crippen LogP contribution in [-0.4, -0.2) is 16.2 Å². The minimum atomic E-state index is 0.0188. The standard InChI is InChI=1S/C9H12INO2/c1-6(2)13-9-8(10)3-7(5-12)4-11-9/h3-4,6,12H,5H2,1-2H3. The molecule has 1 aromatic heterocycles. The van der Waals surface area contributed by atoms with Crippen molar-refractivity contribution >= 4 is 22.6 Å². The molecule has 0 amide bonds. The fourth-order valence-corrected chi connectivity index (χ4v) is 1.53. The zero-order valence-electron chi connectivity index (χ0n) is 7.62. The Morgan fingerprint density at radius 1 is 1.62 bits per heavy atom. The molecule has 0 aromatic carbocycles. The molecule has 0 aliphatic heterocycles. The second-order valence-corrected chi connectivity index (χ2v) is 4.12. The first-order chi connectivity index (χ1) is 6.13. The molecule has 0 aliphatic carbocycles. The van der Waals surface area contributed by atoms with Gasteiger partial charge in [0.2, 0.25) is 5.88 Å². The van der Waals surface area contributed by atoms with Crippen molar-refractivity contribution in [1.82, 2.24) is 4.98 Å². The van der Waals surface area contributed by atoms with Gasteiger partial charge in [-0.15, -0.1) is 0 Å². The van der Waals surface area contributed by atoms with Gasteiger partial charge in [-0.3, -0.25) is 0 Å². The number of aliphatic hydroxyl groups excluding tert-OH is 1. The van der Waals surface area contributed by atoms with Crippen LogP contribution in [0.1, 0.15) is 19.4 Å². The second-order valence-electron chi connectivity index (χ2n) is 2.96. The molecule has 0 radical (unpaired) electrons. The molecule has 0 saturated heterocycles. The summed E-state index contributed by atoms with van der Waals surface area (Å²) in [5, 5.41) is 8.85. The van der Waals surface area contributed by atoms with Crippen molar-refractivity contribution in [3.8, 4) is 5.88 Å². The fourth-order valence-electron chi connectivity index (χ4n) is 0.861. The minimum absolute atomic E-state index is 0.0188. The Hall–Kier alpha value is -0.360. The zero-order chi connectivity index (χ0) is 9.84. The van der Waals surface area contributed by atoms with E-state index in [2.05, 4.69) is 27.6 Å². The van der Waals surface area contributed by atoms with E-state index < -0.39 is 0 Å². The van der Waals surface area contributed by atoms with Crippen molar-refractivity contribution in [2.75, 3.05) is 0 Å². The number of hydrogen-bond acceptors (Lipinski definition) is 3. The lowest BCUT2D eigenvalue weighted by molar-refractivity contribution is 0.230. The summed E-state index contributed by atoms with van der Waals surface area (Å²) in [6.07, 6.45) is 1.75. The van der Waals surface area contributed by atoms with Crippen LogP contribution in [0.25, 0.3) is 0 Å². The van der Waals surface area contributed by atoms with Crippen LogP contribution in [0.2, 0.25) is 0 Å². The normalized spacial score (nSPS) is 10.5. The van der Waals surface area contributed by atoms with Crippen LogP contribution in [0.3, 0.4) is 0 Å². The predicted molar refractivity (Wildman–Crippen MR) is 58.6 cm³/mol. The quantitative estimate of drug-likeness (QED) is 0.866. The van der Waals surface area contributed by atoms with E-state index in [4.69, 9.17) is 9.84 Å². The monoisotopic (exact) mass is 293 g/mol. The molecule has 1 N–H and O–H groups in total. The number of rotatable bonds is 3. The van der Waals surface area contributed by atoms with Gasteiger partial charge in [0.05, 0.1) is 16.3 Å². The van der Waals surface area contributed by atoms with Gasteiger partial charge in [-0.25, -0.2) is 4.98 Å². The van der Waals surface area contributed by atoms with Crippen molar-refractivity contribution in [2.45, 2.75) is 26.6 Å². The minimum Gasteiger partial charge on any atom is -0.474 e. The first-order valence-electron chi connectivity index (χ1n) is 4.05. The van der Waals surface area contributed by atoms with E-state index in [1.165, 1.54) is 0 Å². The van der Waals surface area contributed by atoms with Gasteiger partial charge in [-0.1, -0.05) is 0 Å². The first kappa shape index (κ1) is 10.7. The van der Waals surface area contributed by atoms with Gasteiger partial charge in [0, 0.05) is 6.20 Å². The highest BCUT2D eigenvalue weighted by Gasteiger charge is 2.05. The van der Waals surface area contributed by atoms with E-state index in [0.29, 0.717) is 5.88 Å². The van der Waals surface area contributed by atoms with Gasteiger partial charge in [-0.05, 0) is 48.1 Å². The summed E-state index contributed by atoms with van der Waals surface area (Å²) >= 11 is 2.14. The van der Waals surface area contributed by atoms with Gasteiger partial charge in [0.25, 0.3) is 0 Å². The SMILES string of the molecule is CC(C)Oc1ncc(CO)cc1I.